The maximum Gasteiger partial charge on any atom is 0.228 e. The highest BCUT2D eigenvalue weighted by Gasteiger charge is 2.25. The standard InChI is InChI=1S/C14H16N6OS/c21-13(6-11-7-19-4-5-22-14(19)17-11)18-3-1-2-12(8-18)20-10-15-9-16-20/h4-5,7,9-10,12H,1-3,6,8H2/t12-/m1/s1. The third kappa shape index (κ3) is 2.50. The predicted octanol–water partition coefficient (Wildman–Crippen LogP) is 1.39. The third-order valence-electron chi connectivity index (χ3n) is 4.04. The number of imidazole rings is 1. The lowest BCUT2D eigenvalue weighted by Crippen LogP contribution is -2.41. The highest BCUT2D eigenvalue weighted by molar-refractivity contribution is 7.15. The summed E-state index contributed by atoms with van der Waals surface area (Å²) in [6, 6.07) is 0.227. The molecule has 0 spiro atoms. The van der Waals surface area contributed by atoms with Crippen molar-refractivity contribution in [3.8, 4) is 0 Å². The molecule has 0 bridgehead atoms. The fraction of sp³-hybridized carbons (Fsp3) is 0.429. The Morgan fingerprint density at radius 1 is 1.45 bits per heavy atom. The molecule has 114 valence electrons. The molecule has 22 heavy (non-hydrogen) atoms. The summed E-state index contributed by atoms with van der Waals surface area (Å²) in [5, 5.41) is 6.18. The molecule has 0 N–H and O–H groups in total. The number of carbonyl (C=O) groups excluding carboxylic acids is 1. The van der Waals surface area contributed by atoms with Crippen molar-refractivity contribution in [3.63, 3.8) is 0 Å². The fourth-order valence-electron chi connectivity index (χ4n) is 2.93. The number of fused-ring (bicyclic) bond motifs is 1. The van der Waals surface area contributed by atoms with Crippen molar-refractivity contribution in [1.29, 1.82) is 0 Å². The molecule has 4 heterocycles. The number of amides is 1. The van der Waals surface area contributed by atoms with E-state index in [0.717, 1.165) is 30.0 Å². The van der Waals surface area contributed by atoms with Crippen molar-refractivity contribution in [2.45, 2.75) is 25.3 Å². The minimum absolute atomic E-state index is 0.135. The molecule has 0 unspecified atom stereocenters. The molecule has 1 aliphatic heterocycles. The Labute approximate surface area is 131 Å². The van der Waals surface area contributed by atoms with Crippen molar-refractivity contribution < 1.29 is 4.79 Å². The first-order valence-electron chi connectivity index (χ1n) is 7.32. The van der Waals surface area contributed by atoms with E-state index >= 15 is 0 Å². The van der Waals surface area contributed by atoms with E-state index in [2.05, 4.69) is 15.1 Å². The van der Waals surface area contributed by atoms with Gasteiger partial charge in [0.1, 0.15) is 12.7 Å². The molecule has 7 nitrogen and oxygen atoms in total. The van der Waals surface area contributed by atoms with Crippen molar-refractivity contribution in [2.24, 2.45) is 0 Å². The number of nitrogens with zero attached hydrogens (tertiary/aromatic N) is 6. The Bertz CT molecular complexity index is 748. The Balaban J connectivity index is 1.44. The normalized spacial score (nSPS) is 18.9. The molecule has 1 fully saturated rings. The lowest BCUT2D eigenvalue weighted by atomic mass is 10.1. The van der Waals surface area contributed by atoms with E-state index in [1.165, 1.54) is 0 Å². The summed E-state index contributed by atoms with van der Waals surface area (Å²) in [7, 11) is 0. The van der Waals surface area contributed by atoms with E-state index in [9.17, 15) is 4.79 Å². The minimum atomic E-state index is 0.135. The average molecular weight is 316 g/mol. The molecule has 3 aromatic heterocycles. The number of hydrogen-bond acceptors (Lipinski definition) is 5. The summed E-state index contributed by atoms with van der Waals surface area (Å²) in [4.78, 5) is 23.8. The van der Waals surface area contributed by atoms with E-state index < -0.39 is 0 Å². The molecule has 1 atom stereocenters. The number of hydrogen-bond donors (Lipinski definition) is 0. The quantitative estimate of drug-likeness (QED) is 0.732. The number of aromatic nitrogens is 5. The van der Waals surface area contributed by atoms with Gasteiger partial charge in [-0.3, -0.25) is 9.20 Å². The summed E-state index contributed by atoms with van der Waals surface area (Å²) in [5.74, 6) is 0.135. The average Bonchev–Trinajstić information content (AvgIpc) is 3.24. The molecule has 1 amide bonds. The Morgan fingerprint density at radius 3 is 3.23 bits per heavy atom. The van der Waals surface area contributed by atoms with Gasteiger partial charge in [0, 0.05) is 30.9 Å². The monoisotopic (exact) mass is 316 g/mol. The first-order chi connectivity index (χ1) is 10.8. The highest BCUT2D eigenvalue weighted by atomic mass is 32.1. The predicted molar refractivity (Wildman–Crippen MR) is 81.6 cm³/mol. The summed E-state index contributed by atoms with van der Waals surface area (Å²) in [6.45, 7) is 1.51. The maximum absolute atomic E-state index is 12.5. The van der Waals surface area contributed by atoms with Gasteiger partial charge in [-0.15, -0.1) is 11.3 Å². The van der Waals surface area contributed by atoms with Gasteiger partial charge < -0.3 is 4.90 Å². The Kier molecular flexibility index (Phi) is 3.38. The van der Waals surface area contributed by atoms with E-state index in [0.29, 0.717) is 13.0 Å². The van der Waals surface area contributed by atoms with Gasteiger partial charge in [-0.1, -0.05) is 0 Å². The Morgan fingerprint density at radius 2 is 2.41 bits per heavy atom. The first kappa shape index (κ1) is 13.4. The molecule has 4 rings (SSSR count). The maximum atomic E-state index is 12.5. The van der Waals surface area contributed by atoms with Gasteiger partial charge in [0.2, 0.25) is 5.91 Å². The fourth-order valence-corrected chi connectivity index (χ4v) is 3.65. The van der Waals surface area contributed by atoms with Crippen LogP contribution in [0.4, 0.5) is 0 Å². The van der Waals surface area contributed by atoms with Crippen LogP contribution in [0.1, 0.15) is 24.6 Å². The van der Waals surface area contributed by atoms with Crippen molar-refractivity contribution in [1.82, 2.24) is 29.0 Å². The van der Waals surface area contributed by atoms with Gasteiger partial charge in [-0.05, 0) is 12.8 Å². The molecule has 3 aromatic rings. The van der Waals surface area contributed by atoms with E-state index in [1.54, 1.807) is 24.0 Å². The highest BCUT2D eigenvalue weighted by Crippen LogP contribution is 2.21. The molecule has 1 saturated heterocycles. The SMILES string of the molecule is O=C(Cc1cn2ccsc2n1)N1CCC[C@@H](n2cncn2)C1. The number of thiazole rings is 1. The van der Waals surface area contributed by atoms with Crippen LogP contribution in [-0.2, 0) is 11.2 Å². The molecule has 0 radical (unpaired) electrons. The molecular weight excluding hydrogens is 300 g/mol. The molecule has 8 heteroatoms. The van der Waals surface area contributed by atoms with Crippen LogP contribution >= 0.6 is 11.3 Å². The zero-order valence-electron chi connectivity index (χ0n) is 12.0. The summed E-state index contributed by atoms with van der Waals surface area (Å²) in [6.07, 6.45) is 9.55. The summed E-state index contributed by atoms with van der Waals surface area (Å²) < 4.78 is 3.81. The molecule has 0 aliphatic carbocycles. The third-order valence-corrected chi connectivity index (χ3v) is 4.81. The van der Waals surface area contributed by atoms with Gasteiger partial charge >= 0.3 is 0 Å². The molecule has 0 saturated carbocycles. The minimum Gasteiger partial charge on any atom is -0.340 e. The zero-order chi connectivity index (χ0) is 14.9. The topological polar surface area (TPSA) is 68.3 Å². The number of carbonyl (C=O) groups is 1. The smallest absolute Gasteiger partial charge is 0.228 e. The second-order valence-corrected chi connectivity index (χ2v) is 6.39. The first-order valence-corrected chi connectivity index (χ1v) is 8.20. The number of rotatable bonds is 3. The van der Waals surface area contributed by atoms with Crippen LogP contribution in [-0.4, -0.2) is 48.0 Å². The second-order valence-electron chi connectivity index (χ2n) is 5.51. The summed E-state index contributed by atoms with van der Waals surface area (Å²) in [5.41, 5.74) is 0.833. The van der Waals surface area contributed by atoms with Crippen LogP contribution < -0.4 is 0 Å². The number of likely N-dealkylation sites (tertiary alicyclic amines) is 1. The largest absolute Gasteiger partial charge is 0.340 e. The lowest BCUT2D eigenvalue weighted by molar-refractivity contribution is -0.132. The van der Waals surface area contributed by atoms with Crippen molar-refractivity contribution in [3.05, 3.63) is 36.1 Å². The van der Waals surface area contributed by atoms with Crippen LogP contribution in [0.25, 0.3) is 4.96 Å². The van der Waals surface area contributed by atoms with E-state index in [4.69, 9.17) is 0 Å². The lowest BCUT2D eigenvalue weighted by Gasteiger charge is -2.32. The van der Waals surface area contributed by atoms with Crippen LogP contribution in [0, 0.1) is 0 Å². The van der Waals surface area contributed by atoms with E-state index in [1.807, 2.05) is 31.8 Å². The summed E-state index contributed by atoms with van der Waals surface area (Å²) >= 11 is 1.58. The van der Waals surface area contributed by atoms with Gasteiger partial charge in [0.15, 0.2) is 4.96 Å². The molecule has 0 aromatic carbocycles. The van der Waals surface area contributed by atoms with Crippen LogP contribution in [0.2, 0.25) is 0 Å². The van der Waals surface area contributed by atoms with Crippen molar-refractivity contribution in [2.75, 3.05) is 13.1 Å². The van der Waals surface area contributed by atoms with E-state index in [-0.39, 0.29) is 11.9 Å². The number of piperidine rings is 1. The van der Waals surface area contributed by atoms with Gasteiger partial charge in [-0.2, -0.15) is 5.10 Å². The molecule has 1 aliphatic rings. The van der Waals surface area contributed by atoms with Crippen LogP contribution in [0.15, 0.2) is 30.4 Å². The van der Waals surface area contributed by atoms with Gasteiger partial charge in [-0.25, -0.2) is 14.6 Å². The second kappa shape index (κ2) is 5.53. The Hall–Kier alpha value is -2.22. The molecular formula is C14H16N6OS. The van der Waals surface area contributed by atoms with Gasteiger partial charge in [0.05, 0.1) is 18.2 Å². The van der Waals surface area contributed by atoms with Crippen LogP contribution in [0.3, 0.4) is 0 Å². The van der Waals surface area contributed by atoms with Crippen LogP contribution in [0.5, 0.6) is 0 Å². The zero-order valence-corrected chi connectivity index (χ0v) is 12.8. The van der Waals surface area contributed by atoms with Crippen molar-refractivity contribution >= 4 is 22.2 Å². The van der Waals surface area contributed by atoms with Gasteiger partial charge in [0.25, 0.3) is 0 Å².